The maximum absolute atomic E-state index is 12.8. The van der Waals surface area contributed by atoms with E-state index in [0.29, 0.717) is 5.92 Å². The van der Waals surface area contributed by atoms with Crippen LogP contribution < -0.4 is 10.6 Å². The molecule has 2 aliphatic carbocycles. The third-order valence-electron chi connectivity index (χ3n) is 5.42. The lowest BCUT2D eigenvalue weighted by molar-refractivity contribution is 0.0888. The third kappa shape index (κ3) is 3.80. The van der Waals surface area contributed by atoms with Crippen LogP contribution in [0, 0.1) is 0 Å². The molecule has 28 heavy (non-hydrogen) atoms. The Bertz CT molecular complexity index is 890. The summed E-state index contributed by atoms with van der Waals surface area (Å²) in [5.41, 5.74) is 0.784. The lowest BCUT2D eigenvalue weighted by atomic mass is 10.1. The maximum Gasteiger partial charge on any atom is 0.282 e. The number of aromatic nitrogens is 2. The van der Waals surface area contributed by atoms with E-state index in [-0.39, 0.29) is 23.7 Å². The summed E-state index contributed by atoms with van der Waals surface area (Å²) in [5.74, 6) is -0.0497. The predicted molar refractivity (Wildman–Crippen MR) is 101 cm³/mol. The molecule has 0 aliphatic heterocycles. The van der Waals surface area contributed by atoms with E-state index in [4.69, 9.17) is 0 Å². The fraction of sp³-hybridized carbons (Fsp3) is 0.526. The van der Waals surface area contributed by atoms with E-state index in [9.17, 15) is 18.4 Å². The van der Waals surface area contributed by atoms with Crippen molar-refractivity contribution in [2.75, 3.05) is 0 Å². The molecule has 0 bridgehead atoms. The SMILES string of the molecule is Cn1nc(C(F)F)cc1C(=O)N[C@H]1CCC[C@H]1NC(=O)c1sccc1C1CC1. The van der Waals surface area contributed by atoms with E-state index in [0.717, 1.165) is 53.3 Å². The second-order valence-corrected chi connectivity index (χ2v) is 8.37. The molecule has 2 fully saturated rings. The highest BCUT2D eigenvalue weighted by Gasteiger charge is 2.33. The van der Waals surface area contributed by atoms with E-state index < -0.39 is 18.0 Å². The topological polar surface area (TPSA) is 76.0 Å². The fourth-order valence-corrected chi connectivity index (χ4v) is 4.70. The van der Waals surface area contributed by atoms with Crippen LogP contribution in [0.5, 0.6) is 0 Å². The van der Waals surface area contributed by atoms with Gasteiger partial charge in [0.2, 0.25) is 0 Å². The van der Waals surface area contributed by atoms with Gasteiger partial charge in [-0.3, -0.25) is 14.3 Å². The van der Waals surface area contributed by atoms with Crippen LogP contribution in [0.15, 0.2) is 17.5 Å². The molecule has 4 rings (SSSR count). The molecule has 2 aromatic heterocycles. The normalized spacial score (nSPS) is 21.9. The lowest BCUT2D eigenvalue weighted by Crippen LogP contribution is -2.48. The van der Waals surface area contributed by atoms with E-state index in [1.807, 2.05) is 11.4 Å². The quantitative estimate of drug-likeness (QED) is 0.769. The van der Waals surface area contributed by atoms with Crippen molar-refractivity contribution in [3.63, 3.8) is 0 Å². The third-order valence-corrected chi connectivity index (χ3v) is 6.35. The first-order chi connectivity index (χ1) is 13.4. The summed E-state index contributed by atoms with van der Waals surface area (Å²) in [4.78, 5) is 26.0. The highest BCUT2D eigenvalue weighted by Crippen LogP contribution is 2.43. The first-order valence-electron chi connectivity index (χ1n) is 9.45. The van der Waals surface area contributed by atoms with Crippen LogP contribution in [0.1, 0.15) is 75.9 Å². The molecule has 2 saturated carbocycles. The number of nitrogens with zero attached hydrogens (tertiary/aromatic N) is 2. The molecule has 6 nitrogen and oxygen atoms in total. The van der Waals surface area contributed by atoms with Crippen molar-refractivity contribution in [2.45, 2.75) is 56.5 Å². The molecule has 2 amide bonds. The monoisotopic (exact) mass is 408 g/mol. The summed E-state index contributed by atoms with van der Waals surface area (Å²) in [6.45, 7) is 0. The minimum absolute atomic E-state index is 0.0848. The minimum atomic E-state index is -2.72. The van der Waals surface area contributed by atoms with Crippen LogP contribution >= 0.6 is 11.3 Å². The van der Waals surface area contributed by atoms with Crippen LogP contribution in [0.3, 0.4) is 0 Å². The van der Waals surface area contributed by atoms with Crippen LogP contribution in [0.2, 0.25) is 0 Å². The van der Waals surface area contributed by atoms with Crippen molar-refractivity contribution in [2.24, 2.45) is 7.05 Å². The molecule has 0 aromatic carbocycles. The Balaban J connectivity index is 1.41. The van der Waals surface area contributed by atoms with Gasteiger partial charge in [0.15, 0.2) is 0 Å². The van der Waals surface area contributed by atoms with Crippen molar-refractivity contribution < 1.29 is 18.4 Å². The second-order valence-electron chi connectivity index (χ2n) is 7.45. The average molecular weight is 408 g/mol. The summed E-state index contributed by atoms with van der Waals surface area (Å²) in [5, 5.41) is 11.6. The van der Waals surface area contributed by atoms with Gasteiger partial charge < -0.3 is 10.6 Å². The Morgan fingerprint density at radius 3 is 2.46 bits per heavy atom. The van der Waals surface area contributed by atoms with E-state index in [1.54, 1.807) is 0 Å². The highest BCUT2D eigenvalue weighted by molar-refractivity contribution is 7.12. The summed E-state index contributed by atoms with van der Waals surface area (Å²) in [6.07, 6.45) is 1.92. The van der Waals surface area contributed by atoms with E-state index in [2.05, 4.69) is 15.7 Å². The number of carbonyl (C=O) groups excluding carboxylic acids is 2. The van der Waals surface area contributed by atoms with E-state index in [1.165, 1.54) is 18.4 Å². The Kier molecular flexibility index (Phi) is 5.18. The van der Waals surface area contributed by atoms with Crippen molar-refractivity contribution >= 4 is 23.2 Å². The number of nitrogens with one attached hydrogen (secondary N) is 2. The smallest absolute Gasteiger partial charge is 0.282 e. The Labute approximate surface area is 165 Å². The van der Waals surface area contributed by atoms with Gasteiger partial charge in [-0.1, -0.05) is 0 Å². The molecule has 2 atom stereocenters. The number of hydrogen-bond donors (Lipinski definition) is 2. The fourth-order valence-electron chi connectivity index (χ4n) is 3.81. The molecule has 0 saturated heterocycles. The summed E-state index contributed by atoms with van der Waals surface area (Å²) < 4.78 is 26.8. The van der Waals surface area contributed by atoms with Gasteiger partial charge >= 0.3 is 0 Å². The average Bonchev–Trinajstić information content (AvgIpc) is 3.05. The molecular formula is C19H22F2N4O2S. The van der Waals surface area contributed by atoms with Gasteiger partial charge in [-0.05, 0) is 61.1 Å². The van der Waals surface area contributed by atoms with Gasteiger partial charge in [0.1, 0.15) is 11.4 Å². The molecule has 2 aliphatic rings. The number of thiophene rings is 1. The lowest BCUT2D eigenvalue weighted by Gasteiger charge is -2.22. The Morgan fingerprint density at radius 1 is 1.18 bits per heavy atom. The number of rotatable bonds is 6. The standard InChI is InChI=1S/C19H22F2N4O2S/c1-25-15(9-14(24-25)17(20)21)18(26)22-12-3-2-4-13(12)23-19(27)16-11(7-8-28-16)10-5-6-10/h7-10,12-13,17H,2-6H2,1H3,(H,22,26)(H,23,27)/t12-,13+/m0/s1. The second kappa shape index (κ2) is 7.62. The van der Waals surface area contributed by atoms with Gasteiger partial charge in [0, 0.05) is 19.1 Å². The van der Waals surface area contributed by atoms with Crippen molar-refractivity contribution in [1.29, 1.82) is 0 Å². The largest absolute Gasteiger partial charge is 0.347 e. The molecule has 2 N–H and O–H groups in total. The number of hydrogen-bond acceptors (Lipinski definition) is 4. The van der Waals surface area contributed by atoms with Gasteiger partial charge in [0.25, 0.3) is 18.2 Å². The number of amides is 2. The van der Waals surface area contributed by atoms with E-state index >= 15 is 0 Å². The zero-order chi connectivity index (χ0) is 19.8. The summed E-state index contributed by atoms with van der Waals surface area (Å²) >= 11 is 1.45. The number of aryl methyl sites for hydroxylation is 1. The molecule has 0 radical (unpaired) electrons. The number of halogens is 2. The first kappa shape index (κ1) is 19.0. The molecule has 0 spiro atoms. The summed E-state index contributed by atoms with van der Waals surface area (Å²) in [7, 11) is 1.46. The van der Waals surface area contributed by atoms with Gasteiger partial charge in [-0.25, -0.2) is 8.78 Å². The van der Waals surface area contributed by atoms with Crippen LogP contribution in [-0.2, 0) is 7.05 Å². The summed E-state index contributed by atoms with van der Waals surface area (Å²) in [6, 6.07) is 2.73. The minimum Gasteiger partial charge on any atom is -0.347 e. The molecule has 2 heterocycles. The maximum atomic E-state index is 12.8. The van der Waals surface area contributed by atoms with Gasteiger partial charge in [-0.15, -0.1) is 11.3 Å². The van der Waals surface area contributed by atoms with Crippen LogP contribution in [0.25, 0.3) is 0 Å². The van der Waals surface area contributed by atoms with Crippen molar-refractivity contribution in [3.8, 4) is 0 Å². The molecule has 9 heteroatoms. The Morgan fingerprint density at radius 2 is 1.86 bits per heavy atom. The highest BCUT2D eigenvalue weighted by atomic mass is 32.1. The first-order valence-corrected chi connectivity index (χ1v) is 10.3. The molecule has 150 valence electrons. The molecular weight excluding hydrogens is 386 g/mol. The number of alkyl halides is 2. The Hall–Kier alpha value is -2.29. The molecule has 0 unspecified atom stereocenters. The predicted octanol–water partition coefficient (Wildman–Crippen LogP) is 3.38. The van der Waals surface area contributed by atoms with Gasteiger partial charge in [0.05, 0.1) is 4.88 Å². The molecule has 2 aromatic rings. The zero-order valence-corrected chi connectivity index (χ0v) is 16.3. The van der Waals surface area contributed by atoms with Crippen molar-refractivity contribution in [3.05, 3.63) is 39.3 Å². The van der Waals surface area contributed by atoms with Crippen LogP contribution in [-0.4, -0.2) is 33.7 Å². The van der Waals surface area contributed by atoms with Crippen LogP contribution in [0.4, 0.5) is 8.78 Å². The van der Waals surface area contributed by atoms with Crippen molar-refractivity contribution in [1.82, 2.24) is 20.4 Å². The van der Waals surface area contributed by atoms with Gasteiger partial charge in [-0.2, -0.15) is 5.10 Å². The zero-order valence-electron chi connectivity index (χ0n) is 15.5. The number of carbonyl (C=O) groups is 2.